The van der Waals surface area contributed by atoms with Crippen molar-refractivity contribution >= 4 is 34.8 Å². The van der Waals surface area contributed by atoms with E-state index < -0.39 is 0 Å². The number of anilines is 2. The van der Waals surface area contributed by atoms with Crippen LogP contribution in [0.2, 0.25) is 5.02 Å². The number of benzene rings is 2. The van der Waals surface area contributed by atoms with Gasteiger partial charge in [-0.15, -0.1) is 0 Å². The monoisotopic (exact) mass is 395 g/mol. The van der Waals surface area contributed by atoms with Crippen LogP contribution in [-0.4, -0.2) is 23.0 Å². The number of hydrogen-bond acceptors (Lipinski definition) is 3. The number of carbonyl (C=O) groups excluding carboxylic acids is 2. The van der Waals surface area contributed by atoms with Gasteiger partial charge in [0.05, 0.1) is 18.2 Å². The van der Waals surface area contributed by atoms with E-state index in [1.165, 1.54) is 0 Å². The van der Waals surface area contributed by atoms with Crippen molar-refractivity contribution in [3.05, 3.63) is 77.6 Å². The highest BCUT2D eigenvalue weighted by atomic mass is 35.5. The van der Waals surface area contributed by atoms with Gasteiger partial charge in [0.2, 0.25) is 5.91 Å². The molecule has 7 heteroatoms. The summed E-state index contributed by atoms with van der Waals surface area (Å²) in [5.41, 5.74) is 2.20. The molecule has 1 unspecified atom stereocenters. The lowest BCUT2D eigenvalue weighted by Crippen LogP contribution is -2.25. The summed E-state index contributed by atoms with van der Waals surface area (Å²) in [6.07, 6.45) is 4.12. The van der Waals surface area contributed by atoms with Crippen molar-refractivity contribution < 1.29 is 14.3 Å². The molecule has 1 atom stereocenters. The fraction of sp³-hybridized carbons (Fsp3) is 0.143. The first-order valence-electron chi connectivity index (χ1n) is 8.83. The Kier molecular flexibility index (Phi) is 5.04. The molecule has 1 aromatic heterocycles. The van der Waals surface area contributed by atoms with Crippen molar-refractivity contribution in [2.45, 2.75) is 12.5 Å². The number of nitrogens with zero attached hydrogens (tertiary/aromatic N) is 1. The van der Waals surface area contributed by atoms with Crippen LogP contribution in [0.15, 0.2) is 67.0 Å². The molecule has 0 aliphatic carbocycles. The van der Waals surface area contributed by atoms with E-state index in [9.17, 15) is 9.59 Å². The summed E-state index contributed by atoms with van der Waals surface area (Å²) >= 11 is 6.00. The minimum Gasteiger partial charge on any atom is -0.482 e. The first-order valence-corrected chi connectivity index (χ1v) is 9.21. The molecule has 0 saturated carbocycles. The number of fused-ring (bicyclic) bond motifs is 1. The molecule has 1 aliphatic heterocycles. The topological polar surface area (TPSA) is 72.4 Å². The van der Waals surface area contributed by atoms with Crippen LogP contribution in [0.3, 0.4) is 0 Å². The summed E-state index contributed by atoms with van der Waals surface area (Å²) in [5.74, 6) is 0.215. The fourth-order valence-electron chi connectivity index (χ4n) is 3.18. The van der Waals surface area contributed by atoms with Gasteiger partial charge in [0.15, 0.2) is 6.61 Å². The van der Waals surface area contributed by atoms with Crippen molar-refractivity contribution in [1.82, 2.24) is 4.57 Å². The van der Waals surface area contributed by atoms with Crippen LogP contribution in [0.1, 0.15) is 18.0 Å². The summed E-state index contributed by atoms with van der Waals surface area (Å²) in [5, 5.41) is 6.29. The number of aromatic nitrogens is 1. The van der Waals surface area contributed by atoms with Crippen LogP contribution < -0.4 is 15.4 Å². The molecule has 2 aromatic carbocycles. The lowest BCUT2D eigenvalue weighted by molar-refractivity contribution is -0.119. The maximum Gasteiger partial charge on any atom is 0.262 e. The van der Waals surface area contributed by atoms with Gasteiger partial charge in [0, 0.05) is 29.2 Å². The van der Waals surface area contributed by atoms with E-state index in [0.717, 1.165) is 5.56 Å². The predicted molar refractivity (Wildman–Crippen MR) is 108 cm³/mol. The standard InChI is InChI=1S/C21H18ClN3O3/c22-15-5-3-14(4-6-15)18(25-9-1-2-10-25)12-20(26)23-16-7-8-17-19(11-16)28-13-21(27)24-17/h1-11,18H,12-13H2,(H,23,26)(H,24,27). The fourth-order valence-corrected chi connectivity index (χ4v) is 3.30. The molecule has 0 bridgehead atoms. The minimum absolute atomic E-state index is 0.0311. The van der Waals surface area contributed by atoms with Crippen LogP contribution in [0, 0.1) is 0 Å². The maximum absolute atomic E-state index is 12.7. The molecule has 1 aliphatic rings. The number of hydrogen-bond donors (Lipinski definition) is 2. The summed E-state index contributed by atoms with van der Waals surface area (Å²) < 4.78 is 7.39. The molecular formula is C21H18ClN3O3. The molecule has 0 fully saturated rings. The molecule has 0 spiro atoms. The highest BCUT2D eigenvalue weighted by molar-refractivity contribution is 6.30. The Bertz CT molecular complexity index is 1000. The van der Waals surface area contributed by atoms with Gasteiger partial charge >= 0.3 is 0 Å². The second-order valence-electron chi connectivity index (χ2n) is 6.50. The Labute approximate surface area is 167 Å². The Morgan fingerprint density at radius 3 is 2.68 bits per heavy atom. The number of amides is 2. The van der Waals surface area contributed by atoms with Crippen LogP contribution in [0.5, 0.6) is 5.75 Å². The van der Waals surface area contributed by atoms with E-state index in [2.05, 4.69) is 10.6 Å². The van der Waals surface area contributed by atoms with Gasteiger partial charge in [0.25, 0.3) is 5.91 Å². The van der Waals surface area contributed by atoms with E-state index in [-0.39, 0.29) is 30.9 Å². The minimum atomic E-state index is -0.193. The molecule has 2 N–H and O–H groups in total. The third kappa shape index (κ3) is 4.02. The summed E-state index contributed by atoms with van der Waals surface area (Å²) in [6.45, 7) is -0.0311. The van der Waals surface area contributed by atoms with Crippen LogP contribution in [0.25, 0.3) is 0 Å². The van der Waals surface area contributed by atoms with Crippen molar-refractivity contribution in [2.24, 2.45) is 0 Å². The van der Waals surface area contributed by atoms with Crippen LogP contribution in [0.4, 0.5) is 11.4 Å². The predicted octanol–water partition coefficient (Wildman–Crippen LogP) is 4.09. The smallest absolute Gasteiger partial charge is 0.262 e. The van der Waals surface area contributed by atoms with Crippen molar-refractivity contribution in [3.63, 3.8) is 0 Å². The highest BCUT2D eigenvalue weighted by Gasteiger charge is 2.19. The van der Waals surface area contributed by atoms with E-state index in [0.29, 0.717) is 22.1 Å². The van der Waals surface area contributed by atoms with Gasteiger partial charge in [0.1, 0.15) is 5.75 Å². The molecule has 0 radical (unpaired) electrons. The molecule has 142 valence electrons. The summed E-state index contributed by atoms with van der Waals surface area (Å²) in [6, 6.07) is 16.3. The Hall–Kier alpha value is -3.25. The quantitative estimate of drug-likeness (QED) is 0.683. The average molecular weight is 396 g/mol. The third-order valence-corrected chi connectivity index (χ3v) is 4.77. The van der Waals surface area contributed by atoms with Crippen LogP contribution in [-0.2, 0) is 9.59 Å². The summed E-state index contributed by atoms with van der Waals surface area (Å²) in [4.78, 5) is 24.1. The summed E-state index contributed by atoms with van der Waals surface area (Å²) in [7, 11) is 0. The second-order valence-corrected chi connectivity index (χ2v) is 6.93. The van der Waals surface area contributed by atoms with Gasteiger partial charge < -0.3 is 19.9 Å². The SMILES string of the molecule is O=C(CC(c1ccc(Cl)cc1)n1cccc1)Nc1ccc2c(c1)OCC(=O)N2. The van der Waals surface area contributed by atoms with Gasteiger partial charge in [-0.2, -0.15) is 0 Å². The number of ether oxygens (including phenoxy) is 1. The zero-order valence-corrected chi connectivity index (χ0v) is 15.6. The molecule has 28 heavy (non-hydrogen) atoms. The zero-order chi connectivity index (χ0) is 19.5. The van der Waals surface area contributed by atoms with E-state index >= 15 is 0 Å². The molecule has 3 aromatic rings. The molecule has 2 amide bonds. The van der Waals surface area contributed by atoms with Crippen LogP contribution >= 0.6 is 11.6 Å². The van der Waals surface area contributed by atoms with Gasteiger partial charge in [-0.1, -0.05) is 23.7 Å². The normalized spacial score (nSPS) is 13.8. The number of nitrogens with one attached hydrogen (secondary N) is 2. The maximum atomic E-state index is 12.7. The number of carbonyl (C=O) groups is 2. The van der Waals surface area contributed by atoms with E-state index in [1.54, 1.807) is 18.2 Å². The van der Waals surface area contributed by atoms with Crippen molar-refractivity contribution in [3.8, 4) is 5.75 Å². The Balaban J connectivity index is 1.50. The van der Waals surface area contributed by atoms with E-state index in [1.807, 2.05) is 53.4 Å². The number of rotatable bonds is 5. The Morgan fingerprint density at radius 2 is 1.93 bits per heavy atom. The second kappa shape index (κ2) is 7.78. The molecule has 6 nitrogen and oxygen atoms in total. The molecule has 2 heterocycles. The highest BCUT2D eigenvalue weighted by Crippen LogP contribution is 2.31. The zero-order valence-electron chi connectivity index (χ0n) is 14.9. The molecule has 4 rings (SSSR count). The first-order chi connectivity index (χ1) is 13.6. The third-order valence-electron chi connectivity index (χ3n) is 4.52. The number of halogens is 1. The van der Waals surface area contributed by atoms with Crippen molar-refractivity contribution in [2.75, 3.05) is 17.2 Å². The van der Waals surface area contributed by atoms with Gasteiger partial charge in [-0.25, -0.2) is 0 Å². The van der Waals surface area contributed by atoms with E-state index in [4.69, 9.17) is 16.3 Å². The van der Waals surface area contributed by atoms with Gasteiger partial charge in [-0.05, 0) is 42.0 Å². The molecule has 0 saturated heterocycles. The van der Waals surface area contributed by atoms with Gasteiger partial charge in [-0.3, -0.25) is 9.59 Å². The average Bonchev–Trinajstić information content (AvgIpc) is 3.21. The lowest BCUT2D eigenvalue weighted by atomic mass is 10.0. The molecular weight excluding hydrogens is 378 g/mol. The first kappa shape index (κ1) is 18.1. The largest absolute Gasteiger partial charge is 0.482 e. The Morgan fingerprint density at radius 1 is 1.18 bits per heavy atom. The van der Waals surface area contributed by atoms with Crippen molar-refractivity contribution in [1.29, 1.82) is 0 Å². The lowest BCUT2D eigenvalue weighted by Gasteiger charge is -2.21.